The second-order valence-electron chi connectivity index (χ2n) is 4.92. The number of hydrogen-bond donors (Lipinski definition) is 1. The molecule has 0 bridgehead atoms. The van der Waals surface area contributed by atoms with E-state index in [0.29, 0.717) is 0 Å². The molecule has 0 aromatic carbocycles. The first-order valence-electron chi connectivity index (χ1n) is 6.53. The molecule has 2 aromatic heterocycles. The number of pyridine rings is 1. The molecule has 4 nitrogen and oxygen atoms in total. The topological polar surface area (TPSA) is 56.7 Å². The zero-order valence-corrected chi connectivity index (χ0v) is 10.6. The molecule has 3 rings (SSSR count). The lowest BCUT2D eigenvalue weighted by Crippen LogP contribution is -2.13. The average molecular weight is 242 g/mol. The maximum absolute atomic E-state index is 6.02. The van der Waals surface area contributed by atoms with Crippen molar-refractivity contribution in [2.24, 2.45) is 5.73 Å². The van der Waals surface area contributed by atoms with Crippen molar-refractivity contribution in [3.05, 3.63) is 41.6 Å². The first-order valence-corrected chi connectivity index (χ1v) is 6.53. The van der Waals surface area contributed by atoms with Gasteiger partial charge in [0.2, 0.25) is 0 Å². The minimum absolute atomic E-state index is 0.0182. The van der Waals surface area contributed by atoms with Crippen molar-refractivity contribution in [3.8, 4) is 5.82 Å². The third-order valence-corrected chi connectivity index (χ3v) is 3.57. The van der Waals surface area contributed by atoms with Gasteiger partial charge in [0, 0.05) is 23.5 Å². The maximum atomic E-state index is 6.02. The minimum atomic E-state index is -0.0182. The van der Waals surface area contributed by atoms with Crippen LogP contribution >= 0.6 is 0 Å². The van der Waals surface area contributed by atoms with Gasteiger partial charge in [0.15, 0.2) is 0 Å². The van der Waals surface area contributed by atoms with E-state index in [-0.39, 0.29) is 6.04 Å². The summed E-state index contributed by atoms with van der Waals surface area (Å²) in [7, 11) is 0. The summed E-state index contributed by atoms with van der Waals surface area (Å²) in [6.45, 7) is 1.99. The van der Waals surface area contributed by atoms with E-state index >= 15 is 0 Å². The van der Waals surface area contributed by atoms with Crippen molar-refractivity contribution < 1.29 is 0 Å². The standard InChI is InChI=1S/C14H18N4/c1-10(15)11-5-4-8-16-14(11)18-9-17-12-6-2-3-7-13(12)18/h4-5,8-10H,2-3,6-7,15H2,1H3. The predicted molar refractivity (Wildman–Crippen MR) is 70.6 cm³/mol. The molecule has 18 heavy (non-hydrogen) atoms. The van der Waals surface area contributed by atoms with E-state index < -0.39 is 0 Å². The number of hydrogen-bond acceptors (Lipinski definition) is 3. The Morgan fingerprint density at radius 3 is 2.94 bits per heavy atom. The molecule has 0 saturated heterocycles. The van der Waals surface area contributed by atoms with E-state index in [1.54, 1.807) is 0 Å². The molecule has 0 saturated carbocycles. The number of imidazole rings is 1. The van der Waals surface area contributed by atoms with Crippen LogP contribution in [0.5, 0.6) is 0 Å². The second-order valence-corrected chi connectivity index (χ2v) is 4.92. The Hall–Kier alpha value is -1.68. The fourth-order valence-electron chi connectivity index (χ4n) is 2.62. The molecular formula is C14H18N4. The zero-order chi connectivity index (χ0) is 12.5. The fraction of sp³-hybridized carbons (Fsp3) is 0.429. The molecule has 2 heterocycles. The first-order chi connectivity index (χ1) is 8.77. The lowest BCUT2D eigenvalue weighted by Gasteiger charge is -2.17. The van der Waals surface area contributed by atoms with Gasteiger partial charge in [-0.3, -0.25) is 4.57 Å². The van der Waals surface area contributed by atoms with Crippen molar-refractivity contribution in [3.63, 3.8) is 0 Å². The molecule has 0 fully saturated rings. The lowest BCUT2D eigenvalue weighted by molar-refractivity contribution is 0.651. The number of nitrogens with two attached hydrogens (primary N) is 1. The Morgan fingerprint density at radius 2 is 2.11 bits per heavy atom. The molecule has 2 aromatic rings. The van der Waals surface area contributed by atoms with Crippen LogP contribution in [-0.4, -0.2) is 14.5 Å². The van der Waals surface area contributed by atoms with Crippen LogP contribution in [0, 0.1) is 0 Å². The monoisotopic (exact) mass is 242 g/mol. The third kappa shape index (κ3) is 1.82. The molecule has 1 atom stereocenters. The van der Waals surface area contributed by atoms with E-state index in [2.05, 4.69) is 14.5 Å². The number of aromatic nitrogens is 3. The number of fused-ring (bicyclic) bond motifs is 1. The van der Waals surface area contributed by atoms with E-state index in [0.717, 1.165) is 24.2 Å². The molecule has 1 aliphatic carbocycles. The van der Waals surface area contributed by atoms with Crippen molar-refractivity contribution in [2.45, 2.75) is 38.6 Å². The normalized spacial score (nSPS) is 16.3. The summed E-state index contributed by atoms with van der Waals surface area (Å²) in [5, 5.41) is 0. The highest BCUT2D eigenvalue weighted by Gasteiger charge is 2.18. The van der Waals surface area contributed by atoms with E-state index in [4.69, 9.17) is 5.73 Å². The van der Waals surface area contributed by atoms with Crippen molar-refractivity contribution >= 4 is 0 Å². The van der Waals surface area contributed by atoms with Gasteiger partial charge in [0.25, 0.3) is 0 Å². The van der Waals surface area contributed by atoms with Crippen LogP contribution in [0.1, 0.15) is 42.8 Å². The molecule has 4 heteroatoms. The number of aryl methyl sites for hydroxylation is 1. The molecule has 94 valence electrons. The summed E-state index contributed by atoms with van der Waals surface area (Å²) >= 11 is 0. The Morgan fingerprint density at radius 1 is 1.28 bits per heavy atom. The van der Waals surface area contributed by atoms with E-state index in [1.165, 1.54) is 24.2 Å². The summed E-state index contributed by atoms with van der Waals surface area (Å²) in [6.07, 6.45) is 8.36. The molecular weight excluding hydrogens is 224 g/mol. The molecule has 0 spiro atoms. The van der Waals surface area contributed by atoms with Crippen LogP contribution in [0.25, 0.3) is 5.82 Å². The van der Waals surface area contributed by atoms with Gasteiger partial charge in [-0.2, -0.15) is 0 Å². The Labute approximate surface area is 107 Å². The van der Waals surface area contributed by atoms with Gasteiger partial charge in [-0.05, 0) is 38.7 Å². The lowest BCUT2D eigenvalue weighted by atomic mass is 10.0. The molecule has 0 aliphatic heterocycles. The van der Waals surface area contributed by atoms with Crippen LogP contribution in [-0.2, 0) is 12.8 Å². The summed E-state index contributed by atoms with van der Waals surface area (Å²) in [5.74, 6) is 0.933. The first kappa shape index (κ1) is 11.4. The van der Waals surface area contributed by atoms with Crippen molar-refractivity contribution in [1.82, 2.24) is 14.5 Å². The predicted octanol–water partition coefficient (Wildman–Crippen LogP) is 2.17. The second kappa shape index (κ2) is 4.53. The largest absolute Gasteiger partial charge is 0.324 e. The molecule has 2 N–H and O–H groups in total. The van der Waals surface area contributed by atoms with Crippen LogP contribution in [0.2, 0.25) is 0 Å². The van der Waals surface area contributed by atoms with Crippen LogP contribution in [0.4, 0.5) is 0 Å². The fourth-order valence-corrected chi connectivity index (χ4v) is 2.62. The van der Waals surface area contributed by atoms with Crippen molar-refractivity contribution in [2.75, 3.05) is 0 Å². The molecule has 1 aliphatic rings. The van der Waals surface area contributed by atoms with E-state index in [1.807, 2.05) is 31.6 Å². The highest BCUT2D eigenvalue weighted by molar-refractivity contribution is 5.39. The van der Waals surface area contributed by atoms with Gasteiger partial charge >= 0.3 is 0 Å². The van der Waals surface area contributed by atoms with Crippen molar-refractivity contribution in [1.29, 1.82) is 0 Å². The smallest absolute Gasteiger partial charge is 0.142 e. The quantitative estimate of drug-likeness (QED) is 0.878. The van der Waals surface area contributed by atoms with Gasteiger partial charge in [0.05, 0.1) is 5.69 Å². The highest BCUT2D eigenvalue weighted by atomic mass is 15.1. The molecule has 0 amide bonds. The SMILES string of the molecule is CC(N)c1cccnc1-n1cnc2c1CCCC2. The highest BCUT2D eigenvalue weighted by Crippen LogP contribution is 2.25. The molecule has 1 unspecified atom stereocenters. The summed E-state index contributed by atoms with van der Waals surface area (Å²) in [6, 6.07) is 3.96. The van der Waals surface area contributed by atoms with Crippen LogP contribution in [0.15, 0.2) is 24.7 Å². The van der Waals surface area contributed by atoms with Gasteiger partial charge < -0.3 is 5.73 Å². The summed E-state index contributed by atoms with van der Waals surface area (Å²) < 4.78 is 2.12. The Bertz CT molecular complexity index is 557. The van der Waals surface area contributed by atoms with Crippen LogP contribution < -0.4 is 5.73 Å². The van der Waals surface area contributed by atoms with Gasteiger partial charge in [-0.25, -0.2) is 9.97 Å². The summed E-state index contributed by atoms with van der Waals surface area (Å²) in [5.41, 5.74) is 9.63. The third-order valence-electron chi connectivity index (χ3n) is 3.57. The Kier molecular flexibility index (Phi) is 2.88. The van der Waals surface area contributed by atoms with Crippen LogP contribution in [0.3, 0.4) is 0 Å². The zero-order valence-electron chi connectivity index (χ0n) is 10.6. The van der Waals surface area contributed by atoms with Gasteiger partial charge in [-0.1, -0.05) is 6.07 Å². The van der Waals surface area contributed by atoms with Gasteiger partial charge in [0.1, 0.15) is 12.1 Å². The van der Waals surface area contributed by atoms with E-state index in [9.17, 15) is 0 Å². The Balaban J connectivity index is 2.13. The number of rotatable bonds is 2. The maximum Gasteiger partial charge on any atom is 0.142 e. The average Bonchev–Trinajstić information content (AvgIpc) is 2.82. The number of nitrogens with zero attached hydrogens (tertiary/aromatic N) is 3. The minimum Gasteiger partial charge on any atom is -0.324 e. The summed E-state index contributed by atoms with van der Waals surface area (Å²) in [4.78, 5) is 9.01. The molecule has 0 radical (unpaired) electrons. The van der Waals surface area contributed by atoms with Gasteiger partial charge in [-0.15, -0.1) is 0 Å².